The van der Waals surface area contributed by atoms with E-state index in [1.807, 2.05) is 36.5 Å². The van der Waals surface area contributed by atoms with Crippen LogP contribution >= 0.6 is 0 Å². The Kier molecular flexibility index (Phi) is 12.8. The van der Waals surface area contributed by atoms with Crippen molar-refractivity contribution in [1.82, 2.24) is 14.5 Å². The van der Waals surface area contributed by atoms with Gasteiger partial charge in [-0.2, -0.15) is 0 Å². The molecule has 9 aromatic carbocycles. The van der Waals surface area contributed by atoms with Gasteiger partial charge in [0.05, 0.1) is 22.4 Å². The van der Waals surface area contributed by atoms with Crippen LogP contribution in [0.4, 0.5) is 0 Å². The summed E-state index contributed by atoms with van der Waals surface area (Å²) in [5.41, 5.74) is 17.4. The number of imidazole rings is 1. The van der Waals surface area contributed by atoms with E-state index in [-0.39, 0.29) is 48.2 Å². The predicted molar refractivity (Wildman–Crippen MR) is 317 cm³/mol. The summed E-state index contributed by atoms with van der Waals surface area (Å²) in [6, 6.07) is 66.0. The fourth-order valence-corrected chi connectivity index (χ4v) is 12.4. The maximum Gasteiger partial charge on any atom is 0.121 e. The van der Waals surface area contributed by atoms with Gasteiger partial charge in [-0.25, -0.2) is 0 Å². The molecule has 0 aliphatic heterocycles. The molecule has 76 heavy (non-hydrogen) atoms. The molecule has 0 spiro atoms. The van der Waals surface area contributed by atoms with E-state index in [0.717, 1.165) is 62.0 Å². The van der Waals surface area contributed by atoms with Crippen LogP contribution in [0.15, 0.2) is 174 Å². The Morgan fingerprint density at radius 3 is 2.01 bits per heavy atom. The van der Waals surface area contributed by atoms with Crippen molar-refractivity contribution >= 4 is 65.3 Å². The second-order valence-corrected chi connectivity index (χ2v) is 24.0. The van der Waals surface area contributed by atoms with Crippen molar-refractivity contribution in [1.29, 1.82) is 0 Å². The molecular weight excluding hydrogens is 1100 g/mol. The maximum atomic E-state index is 6.93. The van der Waals surface area contributed by atoms with E-state index in [0.29, 0.717) is 0 Å². The van der Waals surface area contributed by atoms with Crippen LogP contribution in [0.1, 0.15) is 122 Å². The van der Waals surface area contributed by atoms with Crippen LogP contribution in [0.3, 0.4) is 0 Å². The van der Waals surface area contributed by atoms with Crippen LogP contribution in [-0.4, -0.2) is 14.5 Å². The number of nitrogens with zero attached hydrogens (tertiary/aromatic N) is 3. The Morgan fingerprint density at radius 1 is 0.592 bits per heavy atom. The number of aromatic nitrogens is 3. The molecular formula is C71H65IrN3O-2. The molecule has 0 fully saturated rings. The number of pyridine rings is 1. The smallest absolute Gasteiger partial charge is 0.121 e. The van der Waals surface area contributed by atoms with Gasteiger partial charge in [0.1, 0.15) is 5.58 Å². The summed E-state index contributed by atoms with van der Waals surface area (Å²) in [6.45, 7) is 25.6. The summed E-state index contributed by atoms with van der Waals surface area (Å²) in [4.78, 5) is 9.91. The molecule has 0 amide bonds. The van der Waals surface area contributed by atoms with E-state index in [1.165, 1.54) is 76.9 Å². The van der Waals surface area contributed by atoms with Gasteiger partial charge >= 0.3 is 0 Å². The van der Waals surface area contributed by atoms with Crippen LogP contribution in [0.25, 0.3) is 105 Å². The number of furan rings is 1. The summed E-state index contributed by atoms with van der Waals surface area (Å²) >= 11 is 0. The molecule has 0 saturated heterocycles. The van der Waals surface area contributed by atoms with E-state index < -0.39 is 0 Å². The number of hydrogen-bond acceptors (Lipinski definition) is 3. The van der Waals surface area contributed by atoms with Crippen LogP contribution in [0.5, 0.6) is 0 Å². The third kappa shape index (κ3) is 8.76. The Labute approximate surface area is 461 Å². The number of hydrogen-bond donors (Lipinski definition) is 0. The van der Waals surface area contributed by atoms with Gasteiger partial charge in [-0.15, -0.1) is 54.1 Å². The van der Waals surface area contributed by atoms with Gasteiger partial charge in [0.25, 0.3) is 0 Å². The predicted octanol–water partition coefficient (Wildman–Crippen LogP) is 19.6. The second-order valence-electron chi connectivity index (χ2n) is 24.0. The third-order valence-electron chi connectivity index (χ3n) is 16.0. The van der Waals surface area contributed by atoms with Gasteiger partial charge in [-0.1, -0.05) is 166 Å². The van der Waals surface area contributed by atoms with Gasteiger partial charge in [-0.05, 0) is 160 Å². The molecule has 381 valence electrons. The zero-order chi connectivity index (χ0) is 52.1. The largest absolute Gasteiger partial charge is 0.501 e. The van der Waals surface area contributed by atoms with Gasteiger partial charge in [0.2, 0.25) is 0 Å². The quantitative estimate of drug-likeness (QED) is 0.123. The number of fused-ring (bicyclic) bond motifs is 7. The average molecular weight is 1170 g/mol. The minimum absolute atomic E-state index is 0. The van der Waals surface area contributed by atoms with E-state index >= 15 is 0 Å². The number of rotatable bonds is 6. The van der Waals surface area contributed by atoms with E-state index in [2.05, 4.69) is 231 Å². The molecule has 13 rings (SSSR count). The van der Waals surface area contributed by atoms with Crippen molar-refractivity contribution in [2.75, 3.05) is 0 Å². The molecule has 1 aliphatic rings. The van der Waals surface area contributed by atoms with E-state index in [9.17, 15) is 0 Å². The van der Waals surface area contributed by atoms with E-state index in [1.54, 1.807) is 0 Å². The summed E-state index contributed by atoms with van der Waals surface area (Å²) in [6.07, 6.45) is 3.07. The van der Waals surface area contributed by atoms with Gasteiger partial charge < -0.3 is 14.0 Å². The minimum atomic E-state index is 0. The Morgan fingerprint density at radius 2 is 1.29 bits per heavy atom. The molecule has 0 unspecified atom stereocenters. The molecule has 3 heterocycles. The molecule has 0 atom stereocenters. The summed E-state index contributed by atoms with van der Waals surface area (Å²) in [5, 5.41) is 9.79. The fourth-order valence-electron chi connectivity index (χ4n) is 12.4. The standard InChI is InChI=1S/C56H49N2O.C15H16N.Ir/c1-32(2)42-27-38(37-25-36-16-13-20-46-51(36)47(29-37)56(7,8)31-55(46,5)6)28-43(33(3)4)52(42)58-49-22-12-11-21-48(49)57-54(58)41-19-14-18-40-45-26-35-24-23-34-15-9-10-17-39(34)44(35)30-50(45)59-53(40)41;1-15(2,3)13-9-10-14(16-11-13)12-7-5-4-6-8-12;/h9-18,20-30,32-33H,31H2,1-8H3;4-7,9-11H,1-3H3;/q2*-1;. The zero-order valence-electron chi connectivity index (χ0n) is 45.6. The van der Waals surface area contributed by atoms with Crippen LogP contribution < -0.4 is 0 Å². The molecule has 1 aliphatic carbocycles. The molecule has 4 nitrogen and oxygen atoms in total. The third-order valence-corrected chi connectivity index (χ3v) is 16.0. The Hall–Kier alpha value is -7.17. The molecule has 0 saturated carbocycles. The van der Waals surface area contributed by atoms with Gasteiger partial charge in [0.15, 0.2) is 0 Å². The molecule has 1 radical (unpaired) electrons. The first-order valence-electron chi connectivity index (χ1n) is 26.8. The summed E-state index contributed by atoms with van der Waals surface area (Å²) in [7, 11) is 0. The molecule has 5 heteroatoms. The van der Waals surface area contributed by atoms with Crippen LogP contribution in [0, 0.1) is 12.1 Å². The first-order chi connectivity index (χ1) is 35.9. The summed E-state index contributed by atoms with van der Waals surface area (Å²) < 4.78 is 9.34. The first-order valence-corrected chi connectivity index (χ1v) is 26.8. The number of para-hydroxylation sites is 2. The fraction of sp³-hybridized carbons (Fsp3) is 0.239. The zero-order valence-corrected chi connectivity index (χ0v) is 48.0. The molecule has 0 bridgehead atoms. The van der Waals surface area contributed by atoms with Crippen molar-refractivity contribution in [3.63, 3.8) is 0 Å². The monoisotopic (exact) mass is 1170 g/mol. The van der Waals surface area contributed by atoms with Crippen molar-refractivity contribution < 1.29 is 24.5 Å². The topological polar surface area (TPSA) is 43.9 Å². The van der Waals surface area contributed by atoms with Crippen LogP contribution in [-0.2, 0) is 36.4 Å². The minimum Gasteiger partial charge on any atom is -0.501 e. The number of benzene rings is 9. The maximum absolute atomic E-state index is 6.93. The first kappa shape index (κ1) is 51.0. The van der Waals surface area contributed by atoms with E-state index in [4.69, 9.17) is 9.40 Å². The Balaban J connectivity index is 0.000000311. The molecule has 0 N–H and O–H groups in total. The normalized spacial score (nSPS) is 14.0. The van der Waals surface area contributed by atoms with Crippen molar-refractivity contribution in [2.24, 2.45) is 0 Å². The molecule has 3 aromatic heterocycles. The van der Waals surface area contributed by atoms with Gasteiger partial charge in [-0.3, -0.25) is 4.98 Å². The summed E-state index contributed by atoms with van der Waals surface area (Å²) in [5.74, 6) is 1.33. The van der Waals surface area contributed by atoms with Crippen molar-refractivity contribution in [3.05, 3.63) is 210 Å². The van der Waals surface area contributed by atoms with Gasteiger partial charge in [0, 0.05) is 37.4 Å². The molecule has 12 aromatic rings. The SMILES string of the molecule is CC(C)(C)c1ccc(-c2[c-]cccc2)nc1.CC(C)c1cc(-c2cc3c4c(cccc4c2)C(C)(C)CC3(C)C)cc(C(C)C)c1-n1c(-c2[c-]ccc3c2oc2cc4c(ccc5ccccc54)cc23)nc2ccccc21.[Ir]. The van der Waals surface area contributed by atoms with Crippen LogP contribution in [0.2, 0.25) is 0 Å². The Bertz CT molecular complexity index is 4160. The van der Waals surface area contributed by atoms with Crippen molar-refractivity contribution in [3.8, 4) is 39.5 Å². The second kappa shape index (κ2) is 19.1. The average Bonchev–Trinajstić information content (AvgIpc) is 4.01. The van der Waals surface area contributed by atoms with Crippen molar-refractivity contribution in [2.45, 2.75) is 111 Å².